The highest BCUT2D eigenvalue weighted by atomic mass is 32.2. The first-order chi connectivity index (χ1) is 37.3. The lowest BCUT2D eigenvalue weighted by Gasteiger charge is -2.41. The quantitative estimate of drug-likeness (QED) is 0.0287. The van der Waals surface area contributed by atoms with Crippen LogP contribution in [0.3, 0.4) is 0 Å². The normalized spacial score (nSPS) is 15.1. The monoisotopic (exact) mass is 1120 g/mol. The summed E-state index contributed by atoms with van der Waals surface area (Å²) in [4.78, 5) is 130. The third-order valence-electron chi connectivity index (χ3n) is 13.8. The van der Waals surface area contributed by atoms with E-state index in [4.69, 9.17) is 5.11 Å². The molecule has 5 N–H and O–H groups in total. The molecule has 1 saturated heterocycles. The molecular formula is C58H78F2N6O12S. The van der Waals surface area contributed by atoms with Crippen molar-refractivity contribution in [3.63, 3.8) is 0 Å². The number of hydrogen-bond donors (Lipinski definition) is 5. The van der Waals surface area contributed by atoms with Gasteiger partial charge >= 0.3 is 11.9 Å². The van der Waals surface area contributed by atoms with Gasteiger partial charge in [0, 0.05) is 105 Å². The maximum atomic E-state index is 15.4. The lowest BCUT2D eigenvalue weighted by atomic mass is 9.82. The summed E-state index contributed by atoms with van der Waals surface area (Å²) in [6.07, 6.45) is 3.54. The molecule has 5 atom stereocenters. The van der Waals surface area contributed by atoms with E-state index in [2.05, 4.69) is 16.0 Å². The van der Waals surface area contributed by atoms with Gasteiger partial charge in [0.25, 0.3) is 0 Å². The number of imide groups is 1. The van der Waals surface area contributed by atoms with Crippen molar-refractivity contribution >= 4 is 70.7 Å². The number of nitrogens with one attached hydrogen (secondary N) is 3. The molecule has 2 aromatic carbocycles. The van der Waals surface area contributed by atoms with E-state index in [1.54, 1.807) is 31.0 Å². The van der Waals surface area contributed by atoms with E-state index in [-0.39, 0.29) is 110 Å². The molecule has 0 bridgehead atoms. The third kappa shape index (κ3) is 20.8. The van der Waals surface area contributed by atoms with Gasteiger partial charge in [-0.05, 0) is 73.8 Å². The lowest BCUT2D eigenvalue weighted by Crippen LogP contribution is -2.44. The summed E-state index contributed by atoms with van der Waals surface area (Å²) in [5, 5.41) is 25.6. The second-order valence-corrected chi connectivity index (χ2v) is 22.9. The van der Waals surface area contributed by atoms with Gasteiger partial charge in [-0.2, -0.15) is 11.8 Å². The third-order valence-corrected chi connectivity index (χ3v) is 14.7. The topological polar surface area (TPSA) is 259 Å². The molecule has 1 fully saturated rings. The number of amides is 6. The smallest absolute Gasteiger partial charge is 0.326 e. The van der Waals surface area contributed by atoms with Crippen LogP contribution in [0.5, 0.6) is 0 Å². The van der Waals surface area contributed by atoms with Gasteiger partial charge in [0.2, 0.25) is 35.4 Å². The Morgan fingerprint density at radius 2 is 1.52 bits per heavy atom. The largest absolute Gasteiger partial charge is 0.481 e. The fourth-order valence-electron chi connectivity index (χ4n) is 9.49. The molecule has 4 rings (SSSR count). The molecule has 6 amide bonds. The Labute approximate surface area is 465 Å². The molecule has 18 nitrogen and oxygen atoms in total. The van der Waals surface area contributed by atoms with Crippen LogP contribution in [0.15, 0.2) is 60.8 Å². The highest BCUT2D eigenvalue weighted by molar-refractivity contribution is 7.99. The van der Waals surface area contributed by atoms with Crippen molar-refractivity contribution in [2.45, 2.75) is 150 Å². The standard InChI is InChI=1S/C58H78F2N6O12S/c1-36(2)43(31-42(67)18-12-9-14-26-66-51(71)28-37(3)56(66)76)55(75)62-38(4)48(68)19-13-15-25-65(52(72)35-79-27-23-49(69)61-24-22-50(70)63-46(57(77)78)32-53(73)74)54(58(5,6)7)47-29-40(44-30-41(59)20-21-45(44)60)34-64(47)33-39-16-10-8-11-17-39/h8,10-11,16-17,20-21,29-30,34,36-38,43,46,54H,9,12-15,18-19,22-28,31-33,35H2,1-7H3,(H,61,69)(H,62,75)(H,63,70)(H,73,74)(H,77,78)/t37?,38-,43-,46-,54-/m0/s1. The minimum absolute atomic E-state index is 0.000484. The Balaban J connectivity index is 1.45. The molecule has 0 saturated carbocycles. The van der Waals surface area contributed by atoms with E-state index in [0.29, 0.717) is 56.5 Å². The molecule has 79 heavy (non-hydrogen) atoms. The van der Waals surface area contributed by atoms with Gasteiger partial charge in [0.15, 0.2) is 5.78 Å². The van der Waals surface area contributed by atoms with Crippen molar-refractivity contribution in [1.29, 1.82) is 0 Å². The first-order valence-corrected chi connectivity index (χ1v) is 28.2. The molecule has 0 radical (unpaired) electrons. The van der Waals surface area contributed by atoms with Crippen molar-refractivity contribution < 1.29 is 66.9 Å². The summed E-state index contributed by atoms with van der Waals surface area (Å²) in [6, 6.07) is 11.3. The van der Waals surface area contributed by atoms with Crippen LogP contribution in [0.25, 0.3) is 11.1 Å². The van der Waals surface area contributed by atoms with Gasteiger partial charge in [0.05, 0.1) is 24.3 Å². The second kappa shape index (κ2) is 31.1. The number of ketones is 2. The molecule has 2 heterocycles. The zero-order chi connectivity index (χ0) is 58.6. The number of carbonyl (C=O) groups is 10. The number of likely N-dealkylation sites (tertiary alicyclic amines) is 1. The van der Waals surface area contributed by atoms with Crippen LogP contribution < -0.4 is 16.0 Å². The number of rotatable bonds is 34. The van der Waals surface area contributed by atoms with Crippen LogP contribution >= 0.6 is 11.8 Å². The summed E-state index contributed by atoms with van der Waals surface area (Å²) in [6.45, 7) is 13.5. The Morgan fingerprint density at radius 1 is 0.823 bits per heavy atom. The second-order valence-electron chi connectivity index (χ2n) is 21.8. The molecule has 0 spiro atoms. The van der Waals surface area contributed by atoms with E-state index in [9.17, 15) is 57.4 Å². The predicted octanol–water partition coefficient (Wildman–Crippen LogP) is 7.50. The first kappa shape index (κ1) is 64.8. The van der Waals surface area contributed by atoms with E-state index in [1.807, 2.05) is 69.5 Å². The number of aromatic nitrogens is 1. The van der Waals surface area contributed by atoms with Crippen LogP contribution in [-0.2, 0) is 54.5 Å². The summed E-state index contributed by atoms with van der Waals surface area (Å²) in [7, 11) is 0. The number of unbranched alkanes of at least 4 members (excludes halogenated alkanes) is 3. The van der Waals surface area contributed by atoms with E-state index >= 15 is 4.39 Å². The molecule has 21 heteroatoms. The number of nitrogens with zero attached hydrogens (tertiary/aromatic N) is 3. The molecule has 1 unspecified atom stereocenters. The number of carboxylic acid groups (broad SMARTS) is 2. The van der Waals surface area contributed by atoms with Gasteiger partial charge < -0.3 is 35.6 Å². The minimum Gasteiger partial charge on any atom is -0.481 e. The average Bonchev–Trinajstić information content (AvgIpc) is 3.93. The highest BCUT2D eigenvalue weighted by Gasteiger charge is 2.38. The van der Waals surface area contributed by atoms with Crippen LogP contribution in [0.1, 0.15) is 143 Å². The number of hydrogen-bond acceptors (Lipinski definition) is 11. The van der Waals surface area contributed by atoms with Crippen LogP contribution in [0.4, 0.5) is 8.78 Å². The minimum atomic E-state index is -1.63. The van der Waals surface area contributed by atoms with Crippen molar-refractivity contribution in [1.82, 2.24) is 30.3 Å². The predicted molar refractivity (Wildman–Crippen MR) is 294 cm³/mol. The number of aliphatic carboxylic acids is 2. The van der Waals surface area contributed by atoms with Crippen LogP contribution in [-0.4, -0.2) is 127 Å². The number of Topliss-reactive ketones (excluding diaryl/α,β-unsaturated/α-hetero) is 2. The summed E-state index contributed by atoms with van der Waals surface area (Å²) >= 11 is 1.19. The van der Waals surface area contributed by atoms with Crippen molar-refractivity contribution in [2.24, 2.45) is 23.2 Å². The maximum absolute atomic E-state index is 15.4. The van der Waals surface area contributed by atoms with Crippen LogP contribution in [0.2, 0.25) is 0 Å². The number of benzene rings is 2. The number of carbonyl (C=O) groups excluding carboxylic acids is 8. The fraction of sp³-hybridized carbons (Fsp3) is 0.552. The van der Waals surface area contributed by atoms with Gasteiger partial charge in [0.1, 0.15) is 23.5 Å². The molecule has 0 aliphatic carbocycles. The van der Waals surface area contributed by atoms with Gasteiger partial charge in [-0.1, -0.05) is 78.3 Å². The van der Waals surface area contributed by atoms with E-state index in [0.717, 1.165) is 23.8 Å². The van der Waals surface area contributed by atoms with Gasteiger partial charge in [-0.15, -0.1) is 0 Å². The van der Waals surface area contributed by atoms with Crippen LogP contribution in [0, 0.1) is 34.8 Å². The Bertz CT molecular complexity index is 2640. The molecule has 3 aromatic rings. The summed E-state index contributed by atoms with van der Waals surface area (Å²) < 4.78 is 32.0. The maximum Gasteiger partial charge on any atom is 0.326 e. The Morgan fingerprint density at radius 3 is 2.15 bits per heavy atom. The Hall–Kier alpha value is -6.77. The SMILES string of the molecule is CC1CC(=O)N(CCCCCC(=O)C[C@H](C(=O)N[C@@H](C)C(=O)CCCCN(C(=O)CSCCC(=O)NCCC(=O)N[C@@H](CC(=O)O)C(=O)O)[C@@H](c2cc(-c3cc(F)ccc3F)cn2Cc2ccccc2)C(C)(C)C)C(C)C)C1=O. The molecule has 1 aliphatic heterocycles. The van der Waals surface area contributed by atoms with Gasteiger partial charge in [-0.25, -0.2) is 13.6 Å². The molecule has 1 aromatic heterocycles. The fourth-order valence-corrected chi connectivity index (χ4v) is 10.3. The summed E-state index contributed by atoms with van der Waals surface area (Å²) in [5.74, 6) is -7.84. The lowest BCUT2D eigenvalue weighted by molar-refractivity contribution is -0.147. The van der Waals surface area contributed by atoms with Gasteiger partial charge in [-0.3, -0.25) is 48.1 Å². The summed E-state index contributed by atoms with van der Waals surface area (Å²) in [5.41, 5.74) is 1.31. The number of thioether (sulfide) groups is 1. The molecule has 1 aliphatic rings. The van der Waals surface area contributed by atoms with Crippen molar-refractivity contribution in [3.05, 3.63) is 83.7 Å². The average molecular weight is 1120 g/mol. The number of halogens is 2. The highest BCUT2D eigenvalue weighted by Crippen LogP contribution is 2.42. The molecule has 432 valence electrons. The van der Waals surface area contributed by atoms with E-state index in [1.165, 1.54) is 16.7 Å². The molecular weight excluding hydrogens is 1040 g/mol. The first-order valence-electron chi connectivity index (χ1n) is 27.0. The zero-order valence-corrected chi connectivity index (χ0v) is 47.3. The number of carboxylic acids is 2. The zero-order valence-electron chi connectivity index (χ0n) is 46.4. The van der Waals surface area contributed by atoms with Crippen molar-refractivity contribution in [2.75, 3.05) is 31.1 Å². The van der Waals surface area contributed by atoms with Crippen molar-refractivity contribution in [3.8, 4) is 11.1 Å². The Kier molecular flexibility index (Phi) is 25.5. The van der Waals surface area contributed by atoms with E-state index < -0.39 is 77.2 Å².